The minimum Gasteiger partial charge on any atom is -0.384 e. The van der Waals surface area contributed by atoms with Crippen molar-refractivity contribution in [2.24, 2.45) is 11.3 Å². The van der Waals surface area contributed by atoms with Gasteiger partial charge in [0.25, 0.3) is 0 Å². The summed E-state index contributed by atoms with van der Waals surface area (Å²) in [4.78, 5) is 0. The van der Waals surface area contributed by atoms with Gasteiger partial charge in [-0.05, 0) is 30.7 Å². The van der Waals surface area contributed by atoms with Crippen molar-refractivity contribution in [1.29, 1.82) is 0 Å². The Morgan fingerprint density at radius 3 is 2.67 bits per heavy atom. The van der Waals surface area contributed by atoms with Crippen LogP contribution in [-0.2, 0) is 9.47 Å². The molecule has 1 aliphatic rings. The Hall–Kier alpha value is -0.120. The molecule has 1 aliphatic heterocycles. The smallest absolute Gasteiger partial charge is 0.0499 e. The average Bonchev–Trinajstić information content (AvgIpc) is 2.19. The van der Waals surface area contributed by atoms with Gasteiger partial charge in [0.2, 0.25) is 0 Å². The van der Waals surface area contributed by atoms with Crippen LogP contribution in [0.15, 0.2) is 0 Å². The Balaban J connectivity index is 2.12. The second-order valence-electron chi connectivity index (χ2n) is 5.11. The summed E-state index contributed by atoms with van der Waals surface area (Å²) < 4.78 is 10.5. The molecular formula is C12H25NO2. The fourth-order valence-electron chi connectivity index (χ4n) is 2.00. The Kier molecular flexibility index (Phi) is 5.58. The van der Waals surface area contributed by atoms with Crippen molar-refractivity contribution in [3.05, 3.63) is 0 Å². The predicted octanol–water partition coefficient (Wildman–Crippen LogP) is 1.68. The van der Waals surface area contributed by atoms with E-state index in [2.05, 4.69) is 19.2 Å². The molecule has 1 rings (SSSR count). The SMILES string of the molecule is COCC(C)CNCC1(C)CCOCC1. The van der Waals surface area contributed by atoms with Crippen LogP contribution in [0.2, 0.25) is 0 Å². The van der Waals surface area contributed by atoms with E-state index in [-0.39, 0.29) is 0 Å². The zero-order valence-electron chi connectivity index (χ0n) is 10.3. The van der Waals surface area contributed by atoms with Gasteiger partial charge < -0.3 is 14.8 Å². The zero-order chi connectivity index (χ0) is 11.1. The molecule has 1 heterocycles. The number of ether oxygens (including phenoxy) is 2. The molecule has 1 unspecified atom stereocenters. The lowest BCUT2D eigenvalue weighted by Gasteiger charge is -2.34. The van der Waals surface area contributed by atoms with E-state index in [4.69, 9.17) is 9.47 Å². The van der Waals surface area contributed by atoms with E-state index in [0.717, 1.165) is 32.9 Å². The summed E-state index contributed by atoms with van der Waals surface area (Å²) in [5.74, 6) is 0.596. The third kappa shape index (κ3) is 4.96. The van der Waals surface area contributed by atoms with Crippen molar-refractivity contribution in [2.75, 3.05) is 40.0 Å². The first-order chi connectivity index (χ1) is 7.16. The third-order valence-electron chi connectivity index (χ3n) is 3.20. The standard InChI is InChI=1S/C12H25NO2/c1-11(9-14-3)8-13-10-12(2)4-6-15-7-5-12/h11,13H,4-10H2,1-3H3. The van der Waals surface area contributed by atoms with E-state index in [1.54, 1.807) is 7.11 Å². The average molecular weight is 215 g/mol. The molecule has 0 radical (unpaired) electrons. The molecule has 3 nitrogen and oxygen atoms in total. The second-order valence-corrected chi connectivity index (χ2v) is 5.11. The van der Waals surface area contributed by atoms with E-state index < -0.39 is 0 Å². The summed E-state index contributed by atoms with van der Waals surface area (Å²) in [5, 5.41) is 3.54. The summed E-state index contributed by atoms with van der Waals surface area (Å²) in [7, 11) is 1.76. The Bertz CT molecular complexity index is 167. The van der Waals surface area contributed by atoms with Crippen molar-refractivity contribution < 1.29 is 9.47 Å². The molecule has 0 saturated carbocycles. The van der Waals surface area contributed by atoms with Crippen LogP contribution in [0, 0.1) is 11.3 Å². The molecule has 3 heteroatoms. The van der Waals surface area contributed by atoms with Crippen LogP contribution in [0.3, 0.4) is 0 Å². The van der Waals surface area contributed by atoms with Gasteiger partial charge in [-0.25, -0.2) is 0 Å². The number of nitrogens with one attached hydrogen (secondary N) is 1. The molecular weight excluding hydrogens is 190 g/mol. The summed E-state index contributed by atoms with van der Waals surface area (Å²) in [6.45, 7) is 9.39. The van der Waals surface area contributed by atoms with Crippen molar-refractivity contribution in [2.45, 2.75) is 26.7 Å². The highest BCUT2D eigenvalue weighted by Gasteiger charge is 2.26. The van der Waals surface area contributed by atoms with E-state index in [0.29, 0.717) is 11.3 Å². The van der Waals surface area contributed by atoms with E-state index in [1.807, 2.05) is 0 Å². The van der Waals surface area contributed by atoms with E-state index in [9.17, 15) is 0 Å². The lowest BCUT2D eigenvalue weighted by Crippen LogP contribution is -2.38. The van der Waals surface area contributed by atoms with Gasteiger partial charge in [0.05, 0.1) is 0 Å². The van der Waals surface area contributed by atoms with E-state index >= 15 is 0 Å². The molecule has 0 aromatic rings. The third-order valence-corrected chi connectivity index (χ3v) is 3.20. The van der Waals surface area contributed by atoms with Gasteiger partial charge in [-0.2, -0.15) is 0 Å². The fourth-order valence-corrected chi connectivity index (χ4v) is 2.00. The number of methoxy groups -OCH3 is 1. The van der Waals surface area contributed by atoms with Crippen LogP contribution in [0.1, 0.15) is 26.7 Å². The van der Waals surface area contributed by atoms with Crippen molar-refractivity contribution in [3.63, 3.8) is 0 Å². The van der Waals surface area contributed by atoms with Crippen LogP contribution in [0.4, 0.5) is 0 Å². The fraction of sp³-hybridized carbons (Fsp3) is 1.00. The van der Waals surface area contributed by atoms with Crippen LogP contribution in [0.25, 0.3) is 0 Å². The minimum atomic E-state index is 0.436. The molecule has 0 aromatic carbocycles. The second kappa shape index (κ2) is 6.46. The topological polar surface area (TPSA) is 30.5 Å². The maximum absolute atomic E-state index is 5.38. The van der Waals surface area contributed by atoms with Crippen LogP contribution in [-0.4, -0.2) is 40.0 Å². The largest absolute Gasteiger partial charge is 0.384 e. The molecule has 15 heavy (non-hydrogen) atoms. The lowest BCUT2D eigenvalue weighted by molar-refractivity contribution is 0.0234. The molecule has 0 amide bonds. The maximum atomic E-state index is 5.38. The van der Waals surface area contributed by atoms with Gasteiger partial charge in [-0.1, -0.05) is 13.8 Å². The zero-order valence-corrected chi connectivity index (χ0v) is 10.3. The highest BCUT2D eigenvalue weighted by molar-refractivity contribution is 4.79. The van der Waals surface area contributed by atoms with Gasteiger partial charge >= 0.3 is 0 Å². The molecule has 0 aromatic heterocycles. The summed E-state index contributed by atoms with van der Waals surface area (Å²) in [6.07, 6.45) is 2.36. The Morgan fingerprint density at radius 2 is 2.07 bits per heavy atom. The highest BCUT2D eigenvalue weighted by Crippen LogP contribution is 2.28. The van der Waals surface area contributed by atoms with Crippen molar-refractivity contribution >= 4 is 0 Å². The molecule has 1 saturated heterocycles. The predicted molar refractivity (Wildman–Crippen MR) is 62.1 cm³/mol. The lowest BCUT2D eigenvalue weighted by atomic mass is 9.82. The van der Waals surface area contributed by atoms with Gasteiger partial charge in [0.1, 0.15) is 0 Å². The molecule has 1 atom stereocenters. The molecule has 1 fully saturated rings. The Morgan fingerprint density at radius 1 is 1.40 bits per heavy atom. The van der Waals surface area contributed by atoms with E-state index in [1.165, 1.54) is 12.8 Å². The quantitative estimate of drug-likeness (QED) is 0.731. The van der Waals surface area contributed by atoms with Gasteiger partial charge in [0.15, 0.2) is 0 Å². The van der Waals surface area contributed by atoms with Gasteiger partial charge in [0, 0.05) is 33.5 Å². The number of hydrogen-bond donors (Lipinski definition) is 1. The summed E-state index contributed by atoms with van der Waals surface area (Å²) >= 11 is 0. The summed E-state index contributed by atoms with van der Waals surface area (Å²) in [5.41, 5.74) is 0.436. The highest BCUT2D eigenvalue weighted by atomic mass is 16.5. The van der Waals surface area contributed by atoms with Crippen molar-refractivity contribution in [1.82, 2.24) is 5.32 Å². The van der Waals surface area contributed by atoms with Gasteiger partial charge in [-0.15, -0.1) is 0 Å². The monoisotopic (exact) mass is 215 g/mol. The van der Waals surface area contributed by atoms with Crippen LogP contribution < -0.4 is 5.32 Å². The molecule has 0 aliphatic carbocycles. The number of rotatable bonds is 6. The van der Waals surface area contributed by atoms with Gasteiger partial charge in [-0.3, -0.25) is 0 Å². The first-order valence-electron chi connectivity index (χ1n) is 5.94. The molecule has 1 N–H and O–H groups in total. The molecule has 0 bridgehead atoms. The first kappa shape index (κ1) is 12.9. The van der Waals surface area contributed by atoms with Crippen molar-refractivity contribution in [3.8, 4) is 0 Å². The van der Waals surface area contributed by atoms with Crippen LogP contribution in [0.5, 0.6) is 0 Å². The molecule has 0 spiro atoms. The first-order valence-corrected chi connectivity index (χ1v) is 5.94. The minimum absolute atomic E-state index is 0.436. The Labute approximate surface area is 93.5 Å². The summed E-state index contributed by atoms with van der Waals surface area (Å²) in [6, 6.07) is 0. The molecule has 90 valence electrons. The number of hydrogen-bond acceptors (Lipinski definition) is 3. The maximum Gasteiger partial charge on any atom is 0.0499 e. The van der Waals surface area contributed by atoms with Crippen LogP contribution >= 0.6 is 0 Å². The normalized spacial score (nSPS) is 22.6.